The van der Waals surface area contributed by atoms with Gasteiger partial charge < -0.3 is 4.90 Å². The minimum absolute atomic E-state index is 0.326. The zero-order valence-corrected chi connectivity index (χ0v) is 10.3. The topological polar surface area (TPSA) is 61.2 Å². The van der Waals surface area contributed by atoms with Crippen molar-refractivity contribution in [2.24, 2.45) is 5.92 Å². The van der Waals surface area contributed by atoms with Crippen LogP contribution in [-0.4, -0.2) is 30.7 Å². The van der Waals surface area contributed by atoms with Gasteiger partial charge >= 0.3 is 0 Å². The molecule has 0 N–H and O–H groups in total. The van der Waals surface area contributed by atoms with Gasteiger partial charge in [-0.3, -0.25) is 9.59 Å². The first-order valence-electron chi connectivity index (χ1n) is 4.37. The van der Waals surface area contributed by atoms with Crippen molar-refractivity contribution in [1.82, 2.24) is 4.90 Å². The van der Waals surface area contributed by atoms with Gasteiger partial charge in [-0.1, -0.05) is 11.6 Å². The van der Waals surface area contributed by atoms with E-state index in [0.29, 0.717) is 9.21 Å². The zero-order valence-electron chi connectivity index (χ0n) is 8.73. The quantitative estimate of drug-likeness (QED) is 0.612. The van der Waals surface area contributed by atoms with E-state index in [-0.39, 0.29) is 0 Å². The molecular formula is C10H9ClN2O2S. The van der Waals surface area contributed by atoms with E-state index in [0.717, 1.165) is 11.3 Å². The Kier molecular flexibility index (Phi) is 4.05. The van der Waals surface area contributed by atoms with E-state index in [1.807, 2.05) is 0 Å². The molecule has 1 unspecified atom stereocenters. The summed E-state index contributed by atoms with van der Waals surface area (Å²) in [5, 5.41) is 8.84. The average Bonchev–Trinajstić information content (AvgIpc) is 2.65. The largest absolute Gasteiger partial charge is 0.347 e. The van der Waals surface area contributed by atoms with Crippen molar-refractivity contribution in [3.8, 4) is 6.07 Å². The molecule has 1 amide bonds. The van der Waals surface area contributed by atoms with Crippen LogP contribution in [0.25, 0.3) is 0 Å². The Bertz CT molecular complexity index is 462. The van der Waals surface area contributed by atoms with Gasteiger partial charge in [0.25, 0.3) is 0 Å². The summed E-state index contributed by atoms with van der Waals surface area (Å²) in [6.07, 6.45) is 0. The molecule has 0 aromatic carbocycles. The fourth-order valence-electron chi connectivity index (χ4n) is 1.07. The molecule has 4 nitrogen and oxygen atoms in total. The molecule has 0 bridgehead atoms. The van der Waals surface area contributed by atoms with Gasteiger partial charge in [0.2, 0.25) is 5.91 Å². The maximum Gasteiger partial charge on any atom is 0.247 e. The third-order valence-electron chi connectivity index (χ3n) is 1.90. The summed E-state index contributed by atoms with van der Waals surface area (Å²) in [7, 11) is 3.00. The number of carbonyl (C=O) groups excluding carboxylic acids is 2. The molecule has 0 fully saturated rings. The van der Waals surface area contributed by atoms with Crippen LogP contribution in [0.4, 0.5) is 0 Å². The predicted molar refractivity (Wildman–Crippen MR) is 61.5 cm³/mol. The van der Waals surface area contributed by atoms with Gasteiger partial charge in [-0.15, -0.1) is 11.3 Å². The first-order chi connectivity index (χ1) is 7.47. The van der Waals surface area contributed by atoms with Crippen LogP contribution in [0.3, 0.4) is 0 Å². The Hall–Kier alpha value is -1.38. The van der Waals surface area contributed by atoms with Crippen LogP contribution in [0.15, 0.2) is 12.1 Å². The van der Waals surface area contributed by atoms with E-state index in [1.54, 1.807) is 12.1 Å². The van der Waals surface area contributed by atoms with Gasteiger partial charge in [-0.05, 0) is 12.1 Å². The number of Topliss-reactive ketones (excluding diaryl/α,β-unsaturated/α-hetero) is 1. The van der Waals surface area contributed by atoms with E-state index < -0.39 is 17.6 Å². The molecule has 16 heavy (non-hydrogen) atoms. The number of halogens is 1. The van der Waals surface area contributed by atoms with Crippen LogP contribution >= 0.6 is 22.9 Å². The highest BCUT2D eigenvalue weighted by Gasteiger charge is 2.29. The molecule has 0 radical (unpaired) electrons. The van der Waals surface area contributed by atoms with Crippen molar-refractivity contribution in [2.75, 3.05) is 14.1 Å². The van der Waals surface area contributed by atoms with Crippen molar-refractivity contribution < 1.29 is 9.59 Å². The SMILES string of the molecule is CN(C)C(=O)C(C#N)C(=O)c1ccc(Cl)s1. The van der Waals surface area contributed by atoms with Crippen LogP contribution in [-0.2, 0) is 4.79 Å². The molecule has 0 aliphatic rings. The van der Waals surface area contributed by atoms with E-state index in [2.05, 4.69) is 0 Å². The van der Waals surface area contributed by atoms with Crippen molar-refractivity contribution in [2.45, 2.75) is 0 Å². The molecule has 1 aromatic heterocycles. The number of amides is 1. The summed E-state index contributed by atoms with van der Waals surface area (Å²) < 4.78 is 0.456. The summed E-state index contributed by atoms with van der Waals surface area (Å²) in [5.41, 5.74) is 0. The lowest BCUT2D eigenvalue weighted by Crippen LogP contribution is -2.33. The number of thiophene rings is 1. The van der Waals surface area contributed by atoms with Crippen molar-refractivity contribution in [3.63, 3.8) is 0 Å². The minimum atomic E-state index is -1.29. The van der Waals surface area contributed by atoms with Gasteiger partial charge in [0.1, 0.15) is 0 Å². The normalized spacial score (nSPS) is 11.6. The van der Waals surface area contributed by atoms with E-state index in [4.69, 9.17) is 16.9 Å². The Morgan fingerprint density at radius 3 is 2.50 bits per heavy atom. The van der Waals surface area contributed by atoms with E-state index in [1.165, 1.54) is 25.1 Å². The fourth-order valence-corrected chi connectivity index (χ4v) is 2.09. The number of hydrogen-bond acceptors (Lipinski definition) is 4. The summed E-state index contributed by atoms with van der Waals surface area (Å²) in [6.45, 7) is 0. The molecule has 0 saturated heterocycles. The van der Waals surface area contributed by atoms with Crippen LogP contribution < -0.4 is 0 Å². The molecule has 0 aliphatic carbocycles. The van der Waals surface area contributed by atoms with Crippen LogP contribution in [0.1, 0.15) is 9.67 Å². The molecule has 0 saturated carbocycles. The number of nitriles is 1. The molecule has 1 rings (SSSR count). The maximum atomic E-state index is 11.8. The maximum absolute atomic E-state index is 11.8. The first-order valence-corrected chi connectivity index (χ1v) is 5.57. The van der Waals surface area contributed by atoms with Crippen molar-refractivity contribution in [1.29, 1.82) is 5.26 Å². The van der Waals surface area contributed by atoms with Gasteiger partial charge in [0.15, 0.2) is 11.7 Å². The molecule has 6 heteroatoms. The van der Waals surface area contributed by atoms with E-state index in [9.17, 15) is 9.59 Å². The molecule has 1 atom stereocenters. The first kappa shape index (κ1) is 12.7. The highest BCUT2D eigenvalue weighted by Crippen LogP contribution is 2.24. The van der Waals surface area contributed by atoms with Crippen LogP contribution in [0.5, 0.6) is 0 Å². The highest BCUT2D eigenvalue weighted by molar-refractivity contribution is 7.18. The van der Waals surface area contributed by atoms with Crippen molar-refractivity contribution in [3.05, 3.63) is 21.3 Å². The molecule has 1 heterocycles. The van der Waals surface area contributed by atoms with Crippen LogP contribution in [0.2, 0.25) is 4.34 Å². The smallest absolute Gasteiger partial charge is 0.247 e. The van der Waals surface area contributed by atoms with Gasteiger partial charge in [0.05, 0.1) is 15.3 Å². The lowest BCUT2D eigenvalue weighted by Gasteiger charge is -2.12. The monoisotopic (exact) mass is 256 g/mol. The Balaban J connectivity index is 2.96. The summed E-state index contributed by atoms with van der Waals surface area (Å²) >= 11 is 6.75. The molecule has 0 spiro atoms. The fraction of sp³-hybridized carbons (Fsp3) is 0.300. The second-order valence-electron chi connectivity index (χ2n) is 3.26. The van der Waals surface area contributed by atoms with Gasteiger partial charge in [-0.25, -0.2) is 0 Å². The Morgan fingerprint density at radius 2 is 2.12 bits per heavy atom. The zero-order chi connectivity index (χ0) is 12.3. The lowest BCUT2D eigenvalue weighted by atomic mass is 10.0. The molecule has 1 aromatic rings. The Morgan fingerprint density at radius 1 is 1.50 bits per heavy atom. The number of rotatable bonds is 3. The number of carbonyl (C=O) groups is 2. The standard InChI is InChI=1S/C10H9ClN2O2S/c1-13(2)10(15)6(5-12)9(14)7-3-4-8(11)16-7/h3-4,6H,1-2H3. The number of nitrogens with zero attached hydrogens (tertiary/aromatic N) is 2. The lowest BCUT2D eigenvalue weighted by molar-refractivity contribution is -0.129. The second-order valence-corrected chi connectivity index (χ2v) is 4.98. The minimum Gasteiger partial charge on any atom is -0.347 e. The summed E-state index contributed by atoms with van der Waals surface area (Å²) in [5.74, 6) is -2.31. The highest BCUT2D eigenvalue weighted by atomic mass is 35.5. The van der Waals surface area contributed by atoms with E-state index >= 15 is 0 Å². The average molecular weight is 257 g/mol. The molecular weight excluding hydrogens is 248 g/mol. The summed E-state index contributed by atoms with van der Waals surface area (Å²) in [6, 6.07) is 4.79. The third kappa shape index (κ3) is 2.60. The van der Waals surface area contributed by atoms with Crippen molar-refractivity contribution >= 4 is 34.6 Å². The van der Waals surface area contributed by atoms with Gasteiger partial charge in [-0.2, -0.15) is 5.26 Å². The third-order valence-corrected chi connectivity index (χ3v) is 3.14. The van der Waals surface area contributed by atoms with Gasteiger partial charge in [0, 0.05) is 14.1 Å². The molecule has 0 aliphatic heterocycles. The second kappa shape index (κ2) is 5.10. The summed E-state index contributed by atoms with van der Waals surface area (Å²) in [4.78, 5) is 24.9. The van der Waals surface area contributed by atoms with Crippen LogP contribution in [0, 0.1) is 17.2 Å². The Labute approximate surface area is 102 Å². The number of hydrogen-bond donors (Lipinski definition) is 0. The molecule has 84 valence electrons. The predicted octanol–water partition coefficient (Wildman–Crippen LogP) is 1.81. The number of ketones is 1.